The molecule has 2 N–H and O–H groups in total. The van der Waals surface area contributed by atoms with Crippen LogP contribution in [0.4, 0.5) is 0 Å². The van der Waals surface area contributed by atoms with Gasteiger partial charge in [-0.3, -0.25) is 9.59 Å². The maximum atomic E-state index is 11.7. The zero-order valence-corrected chi connectivity index (χ0v) is 8.36. The van der Waals surface area contributed by atoms with Crippen LogP contribution in [0.3, 0.4) is 0 Å². The Hall–Kier alpha value is -1.62. The van der Waals surface area contributed by atoms with Gasteiger partial charge >= 0.3 is 0 Å². The fourth-order valence-electron chi connectivity index (χ4n) is 1.68. The number of carbonyl (C=O) groups excluding carboxylic acids is 1. The summed E-state index contributed by atoms with van der Waals surface area (Å²) in [6.07, 6.45) is 1.44. The van der Waals surface area contributed by atoms with Crippen LogP contribution in [0.2, 0.25) is 0 Å². The third-order valence-electron chi connectivity index (χ3n) is 2.37. The van der Waals surface area contributed by atoms with Crippen molar-refractivity contribution in [2.45, 2.75) is 12.5 Å². The quantitative estimate of drug-likeness (QED) is 0.658. The number of likely N-dealkylation sites (tertiary alicyclic amines) is 1. The van der Waals surface area contributed by atoms with E-state index in [0.29, 0.717) is 18.7 Å². The average Bonchev–Trinajstić information content (AvgIpc) is 2.13. The van der Waals surface area contributed by atoms with Crippen LogP contribution in [0.25, 0.3) is 0 Å². The van der Waals surface area contributed by atoms with E-state index >= 15 is 0 Å². The number of aliphatic hydroxyl groups is 1. The third-order valence-corrected chi connectivity index (χ3v) is 2.37. The fraction of sp³-hybridized carbons (Fsp3) is 0.400. The first-order valence-electron chi connectivity index (χ1n) is 4.68. The summed E-state index contributed by atoms with van der Waals surface area (Å²) in [4.78, 5) is 26.7. The number of nitrogens with zero attached hydrogens (tertiary/aromatic N) is 1. The van der Waals surface area contributed by atoms with Crippen LogP contribution in [-0.2, 0) is 0 Å². The molecule has 1 aliphatic rings. The first kappa shape index (κ1) is 9.92. The van der Waals surface area contributed by atoms with Gasteiger partial charge in [-0.1, -0.05) is 0 Å². The SMILES string of the molecule is CC1(O)CN(C(=O)c2cc[nH]c(=O)c2)C1. The zero-order valence-electron chi connectivity index (χ0n) is 8.36. The largest absolute Gasteiger partial charge is 0.386 e. The van der Waals surface area contributed by atoms with Crippen molar-refractivity contribution in [3.05, 3.63) is 34.2 Å². The molecular weight excluding hydrogens is 196 g/mol. The Kier molecular flexibility index (Phi) is 2.12. The Labute approximate surface area is 86.3 Å². The molecule has 1 aliphatic heterocycles. The van der Waals surface area contributed by atoms with Gasteiger partial charge in [0.1, 0.15) is 0 Å². The van der Waals surface area contributed by atoms with Crippen LogP contribution >= 0.6 is 0 Å². The topological polar surface area (TPSA) is 73.4 Å². The summed E-state index contributed by atoms with van der Waals surface area (Å²) >= 11 is 0. The van der Waals surface area contributed by atoms with Gasteiger partial charge in [-0.25, -0.2) is 0 Å². The summed E-state index contributed by atoms with van der Waals surface area (Å²) in [6, 6.07) is 2.81. The van der Waals surface area contributed by atoms with Crippen LogP contribution in [-0.4, -0.2) is 39.6 Å². The number of carbonyl (C=O) groups is 1. The second kappa shape index (κ2) is 3.20. The Morgan fingerprint density at radius 2 is 2.27 bits per heavy atom. The number of aromatic nitrogens is 1. The van der Waals surface area contributed by atoms with Gasteiger partial charge in [0.05, 0.1) is 18.7 Å². The summed E-state index contributed by atoms with van der Waals surface area (Å²) in [5.74, 6) is -0.215. The Morgan fingerprint density at radius 3 is 2.80 bits per heavy atom. The van der Waals surface area contributed by atoms with E-state index in [1.165, 1.54) is 17.2 Å². The molecule has 80 valence electrons. The third kappa shape index (κ3) is 1.92. The van der Waals surface area contributed by atoms with Crippen molar-refractivity contribution < 1.29 is 9.90 Å². The molecule has 2 rings (SSSR count). The highest BCUT2D eigenvalue weighted by Gasteiger charge is 2.39. The van der Waals surface area contributed by atoms with Crippen LogP contribution < -0.4 is 5.56 Å². The summed E-state index contributed by atoms with van der Waals surface area (Å²) in [6.45, 7) is 2.31. The molecule has 0 aliphatic carbocycles. The number of H-pyrrole nitrogens is 1. The molecule has 1 amide bonds. The second-order valence-electron chi connectivity index (χ2n) is 4.10. The Morgan fingerprint density at radius 1 is 1.60 bits per heavy atom. The molecule has 5 heteroatoms. The molecule has 0 saturated carbocycles. The van der Waals surface area contributed by atoms with Gasteiger partial charge in [-0.15, -0.1) is 0 Å². The van der Waals surface area contributed by atoms with E-state index in [1.807, 2.05) is 0 Å². The minimum Gasteiger partial charge on any atom is -0.386 e. The smallest absolute Gasteiger partial charge is 0.254 e. The van der Waals surface area contributed by atoms with Crippen LogP contribution in [0, 0.1) is 0 Å². The van der Waals surface area contributed by atoms with Crippen molar-refractivity contribution in [1.82, 2.24) is 9.88 Å². The van der Waals surface area contributed by atoms with Gasteiger partial charge in [0.2, 0.25) is 5.56 Å². The molecule has 0 unspecified atom stereocenters. The molecule has 1 aromatic rings. The van der Waals surface area contributed by atoms with E-state index in [0.717, 1.165) is 0 Å². The van der Waals surface area contributed by atoms with Gasteiger partial charge in [0, 0.05) is 17.8 Å². The number of hydrogen-bond donors (Lipinski definition) is 2. The lowest BCUT2D eigenvalue weighted by atomic mass is 9.96. The molecule has 1 saturated heterocycles. The minimum atomic E-state index is -0.781. The molecule has 1 fully saturated rings. The van der Waals surface area contributed by atoms with Gasteiger partial charge in [-0.05, 0) is 13.0 Å². The van der Waals surface area contributed by atoms with Gasteiger partial charge in [0.25, 0.3) is 5.91 Å². The monoisotopic (exact) mass is 208 g/mol. The van der Waals surface area contributed by atoms with Crippen LogP contribution in [0.5, 0.6) is 0 Å². The lowest BCUT2D eigenvalue weighted by Crippen LogP contribution is -2.61. The minimum absolute atomic E-state index is 0.215. The van der Waals surface area contributed by atoms with Gasteiger partial charge < -0.3 is 15.0 Å². The highest BCUT2D eigenvalue weighted by atomic mass is 16.3. The summed E-state index contributed by atoms with van der Waals surface area (Å²) in [7, 11) is 0. The van der Waals surface area contributed by atoms with E-state index in [2.05, 4.69) is 4.98 Å². The number of aromatic amines is 1. The second-order valence-corrected chi connectivity index (χ2v) is 4.10. The maximum Gasteiger partial charge on any atom is 0.254 e. The molecule has 5 nitrogen and oxygen atoms in total. The van der Waals surface area contributed by atoms with Crippen molar-refractivity contribution >= 4 is 5.91 Å². The highest BCUT2D eigenvalue weighted by Crippen LogP contribution is 2.21. The zero-order chi connectivity index (χ0) is 11.1. The number of nitrogens with one attached hydrogen (secondary N) is 1. The molecule has 0 aromatic carbocycles. The Bertz CT molecular complexity index is 442. The standard InChI is InChI=1S/C10H12N2O3/c1-10(15)5-12(6-10)9(14)7-2-3-11-8(13)4-7/h2-4,15H,5-6H2,1H3,(H,11,13). The number of pyridine rings is 1. The first-order valence-corrected chi connectivity index (χ1v) is 4.68. The lowest BCUT2D eigenvalue weighted by Gasteiger charge is -2.44. The van der Waals surface area contributed by atoms with Crippen molar-refractivity contribution in [2.75, 3.05) is 13.1 Å². The molecule has 0 bridgehead atoms. The molecule has 0 spiro atoms. The molecule has 1 aromatic heterocycles. The van der Waals surface area contributed by atoms with E-state index < -0.39 is 5.60 Å². The predicted molar refractivity (Wildman–Crippen MR) is 53.6 cm³/mol. The van der Waals surface area contributed by atoms with Crippen molar-refractivity contribution in [1.29, 1.82) is 0 Å². The molecule has 15 heavy (non-hydrogen) atoms. The summed E-state index contributed by atoms with van der Waals surface area (Å²) < 4.78 is 0. The van der Waals surface area contributed by atoms with Gasteiger partial charge in [-0.2, -0.15) is 0 Å². The van der Waals surface area contributed by atoms with Crippen LogP contribution in [0.15, 0.2) is 23.1 Å². The lowest BCUT2D eigenvalue weighted by molar-refractivity contribution is -0.0668. The Balaban J connectivity index is 2.13. The maximum absolute atomic E-state index is 11.7. The molecule has 0 atom stereocenters. The highest BCUT2D eigenvalue weighted by molar-refractivity contribution is 5.94. The van der Waals surface area contributed by atoms with E-state index in [4.69, 9.17) is 0 Å². The fourth-order valence-corrected chi connectivity index (χ4v) is 1.68. The summed E-state index contributed by atoms with van der Waals surface area (Å²) in [5.41, 5.74) is -0.723. The first-order chi connectivity index (χ1) is 6.98. The van der Waals surface area contributed by atoms with Gasteiger partial charge in [0.15, 0.2) is 0 Å². The number of rotatable bonds is 1. The van der Waals surface area contributed by atoms with Crippen molar-refractivity contribution in [2.24, 2.45) is 0 Å². The molecular formula is C10H12N2O3. The molecule has 0 radical (unpaired) electrons. The number of amides is 1. The van der Waals surface area contributed by atoms with E-state index in [-0.39, 0.29) is 11.5 Å². The average molecular weight is 208 g/mol. The normalized spacial score (nSPS) is 18.4. The molecule has 2 heterocycles. The summed E-state index contributed by atoms with van der Waals surface area (Å²) in [5, 5.41) is 9.47. The van der Waals surface area contributed by atoms with Crippen molar-refractivity contribution in [3.63, 3.8) is 0 Å². The van der Waals surface area contributed by atoms with E-state index in [9.17, 15) is 14.7 Å². The number of hydrogen-bond acceptors (Lipinski definition) is 3. The predicted octanol–water partition coefficient (Wildman–Crippen LogP) is -0.418. The van der Waals surface area contributed by atoms with Crippen molar-refractivity contribution in [3.8, 4) is 0 Å². The van der Waals surface area contributed by atoms with Crippen LogP contribution in [0.1, 0.15) is 17.3 Å². The number of β-amino-alcohol motifs (C(OH)–C–C–N with tert-alkyl or cyclic N) is 1. The van der Waals surface area contributed by atoms with E-state index in [1.54, 1.807) is 13.0 Å².